The van der Waals surface area contributed by atoms with Gasteiger partial charge in [-0.3, -0.25) is 14.5 Å². The number of thioether (sulfide) groups is 1. The summed E-state index contributed by atoms with van der Waals surface area (Å²) < 4.78 is 0. The van der Waals surface area contributed by atoms with Gasteiger partial charge in [-0.2, -0.15) is 11.8 Å². The van der Waals surface area contributed by atoms with Crippen molar-refractivity contribution in [3.8, 4) is 0 Å². The Hall–Kier alpha value is -1.28. The Morgan fingerprint density at radius 1 is 1.22 bits per heavy atom. The van der Waals surface area contributed by atoms with Gasteiger partial charge in [0.25, 0.3) is 0 Å². The lowest BCUT2D eigenvalue weighted by molar-refractivity contribution is -0.128. The summed E-state index contributed by atoms with van der Waals surface area (Å²) in [7, 11) is 0. The molecule has 3 N–H and O–H groups in total. The van der Waals surface area contributed by atoms with Gasteiger partial charge < -0.3 is 16.0 Å². The van der Waals surface area contributed by atoms with E-state index in [1.807, 2.05) is 36.6 Å². The van der Waals surface area contributed by atoms with Gasteiger partial charge in [-0.25, -0.2) is 0 Å². The molecule has 0 spiro atoms. The topological polar surface area (TPSA) is 73.5 Å². The number of hydrogen-bond donors (Lipinski definition) is 3. The highest BCUT2D eigenvalue weighted by Gasteiger charge is 2.20. The smallest absolute Gasteiger partial charge is 0.242 e. The Kier molecular flexibility index (Phi) is 12.2. The maximum absolute atomic E-state index is 12.5. The molecule has 1 atom stereocenters. The van der Waals surface area contributed by atoms with Crippen LogP contribution in [0.2, 0.25) is 0 Å². The van der Waals surface area contributed by atoms with Gasteiger partial charge in [0.1, 0.15) is 6.04 Å². The fourth-order valence-corrected chi connectivity index (χ4v) is 3.40. The third-order valence-corrected chi connectivity index (χ3v) is 5.05. The summed E-state index contributed by atoms with van der Waals surface area (Å²) in [6, 6.07) is 9.12. The monoisotopic (exact) mass is 414 g/mol. The fourth-order valence-electron chi connectivity index (χ4n) is 2.93. The van der Waals surface area contributed by atoms with Crippen LogP contribution >= 0.6 is 24.2 Å². The molecule has 8 heteroatoms. The average Bonchev–Trinajstić information content (AvgIpc) is 2.66. The van der Waals surface area contributed by atoms with E-state index < -0.39 is 6.04 Å². The van der Waals surface area contributed by atoms with Crippen molar-refractivity contribution in [3.05, 3.63) is 35.9 Å². The van der Waals surface area contributed by atoms with Crippen LogP contribution in [0.4, 0.5) is 0 Å². The number of nitrogens with one attached hydrogen (secondary N) is 3. The largest absolute Gasteiger partial charge is 0.353 e. The van der Waals surface area contributed by atoms with Gasteiger partial charge in [-0.05, 0) is 24.0 Å². The maximum Gasteiger partial charge on any atom is 0.242 e. The molecule has 1 saturated heterocycles. The van der Waals surface area contributed by atoms with E-state index >= 15 is 0 Å². The molecule has 1 aromatic rings. The average molecular weight is 415 g/mol. The molecule has 1 aliphatic heterocycles. The number of benzene rings is 1. The van der Waals surface area contributed by atoms with Crippen molar-refractivity contribution in [2.75, 3.05) is 51.3 Å². The quantitative estimate of drug-likeness (QED) is 0.530. The molecule has 1 aliphatic rings. The lowest BCUT2D eigenvalue weighted by Gasteiger charge is -2.27. The molecular formula is C19H31ClN4O2S. The van der Waals surface area contributed by atoms with E-state index in [0.29, 0.717) is 19.4 Å². The first kappa shape index (κ1) is 23.8. The Bertz CT molecular complexity index is 556. The zero-order chi connectivity index (χ0) is 18.6. The van der Waals surface area contributed by atoms with Gasteiger partial charge in [0, 0.05) is 39.3 Å². The van der Waals surface area contributed by atoms with Crippen LogP contribution in [0.25, 0.3) is 0 Å². The first-order valence-corrected chi connectivity index (χ1v) is 10.6. The van der Waals surface area contributed by atoms with Crippen LogP contribution in [-0.2, 0) is 16.0 Å². The van der Waals surface area contributed by atoms with Gasteiger partial charge in [0.2, 0.25) is 11.8 Å². The van der Waals surface area contributed by atoms with Crippen LogP contribution < -0.4 is 16.0 Å². The molecule has 152 valence electrons. The molecule has 0 saturated carbocycles. The lowest BCUT2D eigenvalue weighted by atomic mass is 10.1. The Morgan fingerprint density at radius 2 is 1.93 bits per heavy atom. The lowest BCUT2D eigenvalue weighted by Crippen LogP contribution is -2.50. The predicted octanol–water partition coefficient (Wildman–Crippen LogP) is 0.910. The van der Waals surface area contributed by atoms with Crippen LogP contribution in [0.1, 0.15) is 12.0 Å². The number of carbonyl (C=O) groups is 2. The number of nitrogens with zero attached hydrogens (tertiary/aromatic N) is 1. The minimum absolute atomic E-state index is 0. The Morgan fingerprint density at radius 3 is 2.59 bits per heavy atom. The SMILES string of the molecule is CSCCC(NC(=O)Cc1ccccc1)C(=O)NCCN1CCNCC1.Cl. The molecule has 6 nitrogen and oxygen atoms in total. The van der Waals surface area contributed by atoms with E-state index in [-0.39, 0.29) is 24.2 Å². The minimum atomic E-state index is -0.471. The second-order valence-corrected chi connectivity index (χ2v) is 7.43. The third-order valence-electron chi connectivity index (χ3n) is 4.41. The zero-order valence-electron chi connectivity index (χ0n) is 15.9. The minimum Gasteiger partial charge on any atom is -0.353 e. The summed E-state index contributed by atoms with van der Waals surface area (Å²) in [6.45, 7) is 5.49. The van der Waals surface area contributed by atoms with Crippen molar-refractivity contribution in [1.82, 2.24) is 20.9 Å². The van der Waals surface area contributed by atoms with Crippen molar-refractivity contribution in [3.63, 3.8) is 0 Å². The Labute approximate surface area is 172 Å². The number of amides is 2. The number of hydrogen-bond acceptors (Lipinski definition) is 5. The number of halogens is 1. The molecule has 1 fully saturated rings. The van der Waals surface area contributed by atoms with E-state index in [0.717, 1.165) is 44.0 Å². The number of piperazine rings is 1. The van der Waals surface area contributed by atoms with Gasteiger partial charge in [0.15, 0.2) is 0 Å². The van der Waals surface area contributed by atoms with Crippen LogP contribution in [0, 0.1) is 0 Å². The number of carbonyl (C=O) groups excluding carboxylic acids is 2. The maximum atomic E-state index is 12.5. The fraction of sp³-hybridized carbons (Fsp3) is 0.579. The summed E-state index contributed by atoms with van der Waals surface area (Å²) in [6.07, 6.45) is 2.94. The molecule has 2 rings (SSSR count). The van der Waals surface area contributed by atoms with Crippen molar-refractivity contribution < 1.29 is 9.59 Å². The van der Waals surface area contributed by atoms with E-state index in [4.69, 9.17) is 0 Å². The molecule has 1 unspecified atom stereocenters. The molecule has 1 aromatic carbocycles. The standard InChI is InChI=1S/C19H30N4O2S.ClH/c1-26-14-7-17(22-18(24)15-16-5-3-2-4-6-16)19(25)21-10-13-23-11-8-20-9-12-23;/h2-6,17,20H,7-15H2,1H3,(H,21,25)(H,22,24);1H. The third kappa shape index (κ3) is 9.46. The molecule has 1 heterocycles. The van der Waals surface area contributed by atoms with Crippen LogP contribution in [-0.4, -0.2) is 74.0 Å². The van der Waals surface area contributed by atoms with Crippen LogP contribution in [0.15, 0.2) is 30.3 Å². The van der Waals surface area contributed by atoms with E-state index in [2.05, 4.69) is 20.9 Å². The predicted molar refractivity (Wildman–Crippen MR) is 115 cm³/mol. The van der Waals surface area contributed by atoms with Gasteiger partial charge in [0.05, 0.1) is 6.42 Å². The molecule has 0 bridgehead atoms. The van der Waals surface area contributed by atoms with Crippen molar-refractivity contribution >= 4 is 36.0 Å². The molecule has 0 aromatic heterocycles. The van der Waals surface area contributed by atoms with Crippen LogP contribution in [0.3, 0.4) is 0 Å². The Balaban J connectivity index is 0.00000364. The highest BCUT2D eigenvalue weighted by atomic mass is 35.5. The second-order valence-electron chi connectivity index (χ2n) is 6.45. The van der Waals surface area contributed by atoms with Gasteiger partial charge >= 0.3 is 0 Å². The van der Waals surface area contributed by atoms with E-state index in [9.17, 15) is 9.59 Å². The molecule has 0 radical (unpaired) electrons. The van der Waals surface area contributed by atoms with E-state index in [1.165, 1.54) is 0 Å². The first-order chi connectivity index (χ1) is 12.7. The van der Waals surface area contributed by atoms with Crippen molar-refractivity contribution in [1.29, 1.82) is 0 Å². The highest BCUT2D eigenvalue weighted by Crippen LogP contribution is 2.04. The molecule has 0 aliphatic carbocycles. The van der Waals surface area contributed by atoms with Crippen molar-refractivity contribution in [2.24, 2.45) is 0 Å². The summed E-state index contributed by atoms with van der Waals surface area (Å²) >= 11 is 1.68. The summed E-state index contributed by atoms with van der Waals surface area (Å²) in [5.41, 5.74) is 0.952. The normalized spacial score (nSPS) is 15.4. The highest BCUT2D eigenvalue weighted by molar-refractivity contribution is 7.98. The first-order valence-electron chi connectivity index (χ1n) is 9.22. The van der Waals surface area contributed by atoms with Gasteiger partial charge in [-0.15, -0.1) is 12.4 Å². The van der Waals surface area contributed by atoms with Crippen molar-refractivity contribution in [2.45, 2.75) is 18.9 Å². The molecular weight excluding hydrogens is 384 g/mol. The summed E-state index contributed by atoms with van der Waals surface area (Å²) in [4.78, 5) is 27.1. The van der Waals surface area contributed by atoms with E-state index in [1.54, 1.807) is 11.8 Å². The summed E-state index contributed by atoms with van der Waals surface area (Å²) in [5, 5.41) is 9.20. The molecule has 27 heavy (non-hydrogen) atoms. The zero-order valence-corrected chi connectivity index (χ0v) is 17.5. The second kappa shape index (κ2) is 13.8. The van der Waals surface area contributed by atoms with Crippen LogP contribution in [0.5, 0.6) is 0 Å². The van der Waals surface area contributed by atoms with Gasteiger partial charge in [-0.1, -0.05) is 30.3 Å². The number of rotatable bonds is 10. The summed E-state index contributed by atoms with van der Waals surface area (Å²) in [5.74, 6) is 0.636. The molecule has 2 amide bonds.